The van der Waals surface area contributed by atoms with Crippen LogP contribution in [0.25, 0.3) is 11.3 Å². The van der Waals surface area contributed by atoms with Crippen molar-refractivity contribution < 1.29 is 9.59 Å². The summed E-state index contributed by atoms with van der Waals surface area (Å²) < 4.78 is 0.838. The lowest BCUT2D eigenvalue weighted by molar-refractivity contribution is -0.120. The second-order valence-corrected chi connectivity index (χ2v) is 14.5. The van der Waals surface area contributed by atoms with E-state index >= 15 is 0 Å². The van der Waals surface area contributed by atoms with E-state index in [1.165, 1.54) is 34.2 Å². The maximum Gasteiger partial charge on any atom is 0.241 e. The van der Waals surface area contributed by atoms with Gasteiger partial charge in [-0.2, -0.15) is 0 Å². The highest BCUT2D eigenvalue weighted by molar-refractivity contribution is 8.01. The summed E-state index contributed by atoms with van der Waals surface area (Å²) in [6.07, 6.45) is 2.48. The van der Waals surface area contributed by atoms with Gasteiger partial charge in [-0.1, -0.05) is 77.4 Å². The molecule has 6 rings (SSSR count). The number of anilines is 1. The van der Waals surface area contributed by atoms with Gasteiger partial charge in [0.25, 0.3) is 0 Å². The van der Waals surface area contributed by atoms with Gasteiger partial charge in [0.2, 0.25) is 11.8 Å². The highest BCUT2D eigenvalue weighted by atomic mass is 35.5. The fraction of sp³-hybridized carbons (Fsp3) is 0.324. The summed E-state index contributed by atoms with van der Waals surface area (Å²) in [5.74, 6) is 0.298. The van der Waals surface area contributed by atoms with E-state index < -0.39 is 0 Å². The molecule has 0 aliphatic carbocycles. The highest BCUT2D eigenvalue weighted by Crippen LogP contribution is 2.30. The lowest BCUT2D eigenvalue weighted by Crippen LogP contribution is -2.46. The summed E-state index contributed by atoms with van der Waals surface area (Å²) in [5, 5.41) is 12.8. The summed E-state index contributed by atoms with van der Waals surface area (Å²) in [6, 6.07) is 21.8. The van der Waals surface area contributed by atoms with E-state index in [1.54, 1.807) is 0 Å². The number of fused-ring (bicyclic) bond motifs is 1. The predicted molar refractivity (Wildman–Crippen MR) is 185 cm³/mol. The number of benzene rings is 3. The largest absolute Gasteiger partial charge is 0.353 e. The lowest BCUT2D eigenvalue weighted by Gasteiger charge is -2.32. The molecule has 0 unspecified atom stereocenters. The molecule has 0 saturated carbocycles. The van der Waals surface area contributed by atoms with E-state index in [0.29, 0.717) is 22.2 Å². The summed E-state index contributed by atoms with van der Waals surface area (Å²) in [7, 11) is 0. The number of carbonyl (C=O) groups is 2. The number of rotatable bonds is 9. The van der Waals surface area contributed by atoms with Gasteiger partial charge >= 0.3 is 0 Å². The van der Waals surface area contributed by atoms with Gasteiger partial charge in [-0.05, 0) is 67.1 Å². The fourth-order valence-corrected chi connectivity index (χ4v) is 7.92. The van der Waals surface area contributed by atoms with Crippen molar-refractivity contribution >= 4 is 63.8 Å². The van der Waals surface area contributed by atoms with Crippen LogP contribution in [0.1, 0.15) is 42.5 Å². The molecule has 3 N–H and O–H groups in total. The molecule has 45 heavy (non-hydrogen) atoms. The number of amides is 2. The second-order valence-electron chi connectivity index (χ2n) is 11.6. The first-order valence-electron chi connectivity index (χ1n) is 15.1. The normalized spacial score (nSPS) is 18.7. The molecule has 11 heteroatoms. The highest BCUT2D eigenvalue weighted by Gasteiger charge is 2.28. The van der Waals surface area contributed by atoms with Gasteiger partial charge in [0.05, 0.1) is 27.5 Å². The SMILES string of the molecule is C[C@H]1N[C@H](C(=O)Nc2cccc(-c3csc(SCC(=O)NC4CCN(Cc5ccc(Cl)c(Cl)c5)CC4)n3)c2)Cc2ccccc21. The van der Waals surface area contributed by atoms with Crippen molar-refractivity contribution in [1.82, 2.24) is 20.5 Å². The monoisotopic (exact) mass is 679 g/mol. The first-order chi connectivity index (χ1) is 21.8. The third-order valence-electron chi connectivity index (χ3n) is 8.29. The van der Waals surface area contributed by atoms with Crippen LogP contribution in [-0.2, 0) is 22.6 Å². The van der Waals surface area contributed by atoms with Gasteiger partial charge in [0, 0.05) is 48.3 Å². The Morgan fingerprint density at radius 2 is 1.87 bits per heavy atom. The molecule has 0 radical (unpaired) electrons. The number of nitrogens with one attached hydrogen (secondary N) is 3. The molecular weight excluding hydrogens is 645 g/mol. The van der Waals surface area contributed by atoms with E-state index in [0.717, 1.165) is 59.3 Å². The number of halogens is 2. The van der Waals surface area contributed by atoms with E-state index in [1.807, 2.05) is 60.0 Å². The third kappa shape index (κ3) is 8.27. The molecule has 1 saturated heterocycles. The van der Waals surface area contributed by atoms with Gasteiger partial charge in [0.15, 0.2) is 4.34 Å². The van der Waals surface area contributed by atoms with Crippen LogP contribution < -0.4 is 16.0 Å². The molecule has 2 aliphatic rings. The Labute approximate surface area is 282 Å². The lowest BCUT2D eigenvalue weighted by atomic mass is 9.90. The van der Waals surface area contributed by atoms with Crippen molar-refractivity contribution in [2.24, 2.45) is 0 Å². The molecule has 2 amide bonds. The predicted octanol–water partition coefficient (Wildman–Crippen LogP) is 7.20. The van der Waals surface area contributed by atoms with Gasteiger partial charge in [0.1, 0.15) is 0 Å². The van der Waals surface area contributed by atoms with Crippen molar-refractivity contribution in [2.45, 2.75) is 55.2 Å². The number of thioether (sulfide) groups is 1. The van der Waals surface area contributed by atoms with E-state index in [9.17, 15) is 9.59 Å². The van der Waals surface area contributed by atoms with Crippen LogP contribution >= 0.6 is 46.3 Å². The summed E-state index contributed by atoms with van der Waals surface area (Å²) in [6.45, 7) is 4.74. The molecule has 1 aromatic heterocycles. The molecule has 2 atom stereocenters. The zero-order valence-corrected chi connectivity index (χ0v) is 28.0. The number of piperidine rings is 1. The quantitative estimate of drug-likeness (QED) is 0.162. The van der Waals surface area contributed by atoms with Crippen molar-refractivity contribution in [1.29, 1.82) is 0 Å². The Morgan fingerprint density at radius 3 is 2.69 bits per heavy atom. The van der Waals surface area contributed by atoms with Crippen LogP contribution in [0.2, 0.25) is 10.0 Å². The van der Waals surface area contributed by atoms with Crippen LogP contribution in [-0.4, -0.2) is 52.6 Å². The summed E-state index contributed by atoms with van der Waals surface area (Å²) >= 11 is 15.2. The Kier molecular flexibility index (Phi) is 10.4. The summed E-state index contributed by atoms with van der Waals surface area (Å²) in [4.78, 5) is 33.0. The first-order valence-corrected chi connectivity index (χ1v) is 17.7. The van der Waals surface area contributed by atoms with E-state index in [2.05, 4.69) is 39.9 Å². The van der Waals surface area contributed by atoms with Crippen LogP contribution in [0.3, 0.4) is 0 Å². The van der Waals surface area contributed by atoms with Gasteiger partial charge in [-0.3, -0.25) is 19.8 Å². The van der Waals surface area contributed by atoms with Crippen LogP contribution in [0.5, 0.6) is 0 Å². The fourth-order valence-electron chi connectivity index (χ4n) is 5.95. The maximum absolute atomic E-state index is 13.1. The maximum atomic E-state index is 13.1. The van der Waals surface area contributed by atoms with Crippen molar-refractivity contribution in [3.63, 3.8) is 0 Å². The topological polar surface area (TPSA) is 86.4 Å². The Bertz CT molecular complexity index is 1670. The molecule has 1 fully saturated rings. The Hall–Kier alpha value is -2.92. The number of thiazole rings is 1. The molecule has 0 bridgehead atoms. The van der Waals surface area contributed by atoms with Crippen molar-refractivity contribution in [2.75, 3.05) is 24.2 Å². The smallest absolute Gasteiger partial charge is 0.241 e. The average molecular weight is 681 g/mol. The number of hydrogen-bond donors (Lipinski definition) is 3. The standard InChI is InChI=1S/C34H35Cl2N5O2S2/c1-21-27-8-3-2-5-23(27)17-30(37-21)33(43)39-26-7-4-6-24(16-26)31-19-44-34(40-31)45-20-32(42)38-25-11-13-41(14-12-25)18-22-9-10-28(35)29(36)15-22/h2-10,15-16,19,21,25,30,37H,11-14,17-18,20H2,1H3,(H,38,42)(H,39,43)/t21-,30+/m1/s1. The minimum atomic E-state index is -0.298. The molecule has 7 nitrogen and oxygen atoms in total. The molecule has 0 spiro atoms. The molecule has 234 valence electrons. The molecule has 3 heterocycles. The minimum absolute atomic E-state index is 0.0256. The number of nitrogens with zero attached hydrogens (tertiary/aromatic N) is 2. The van der Waals surface area contributed by atoms with E-state index in [4.69, 9.17) is 28.2 Å². The van der Waals surface area contributed by atoms with Gasteiger partial charge in [-0.15, -0.1) is 11.3 Å². The zero-order chi connectivity index (χ0) is 31.3. The van der Waals surface area contributed by atoms with E-state index in [-0.39, 0.29) is 29.9 Å². The van der Waals surface area contributed by atoms with Crippen molar-refractivity contribution in [3.05, 3.63) is 98.8 Å². The van der Waals surface area contributed by atoms with Gasteiger partial charge < -0.3 is 10.6 Å². The molecular formula is C34H35Cl2N5O2S2. The van der Waals surface area contributed by atoms with Crippen LogP contribution in [0.15, 0.2) is 76.4 Å². The summed E-state index contributed by atoms with van der Waals surface area (Å²) in [5.41, 5.74) is 6.07. The third-order valence-corrected chi connectivity index (χ3v) is 11.1. The van der Waals surface area contributed by atoms with Crippen LogP contribution in [0, 0.1) is 0 Å². The number of hydrogen-bond acceptors (Lipinski definition) is 7. The van der Waals surface area contributed by atoms with Crippen molar-refractivity contribution in [3.8, 4) is 11.3 Å². The zero-order valence-electron chi connectivity index (χ0n) is 24.9. The molecule has 2 aliphatic heterocycles. The first kappa shape index (κ1) is 32.0. The van der Waals surface area contributed by atoms with Gasteiger partial charge in [-0.25, -0.2) is 4.98 Å². The molecule has 4 aromatic rings. The second kappa shape index (κ2) is 14.7. The Balaban J connectivity index is 0.958. The molecule has 3 aromatic carbocycles. The number of aromatic nitrogens is 1. The number of likely N-dealkylation sites (tertiary alicyclic amines) is 1. The minimum Gasteiger partial charge on any atom is -0.353 e. The average Bonchev–Trinajstić information content (AvgIpc) is 3.52. The number of carbonyl (C=O) groups excluding carboxylic acids is 2. The van der Waals surface area contributed by atoms with Crippen LogP contribution in [0.4, 0.5) is 5.69 Å². The Morgan fingerprint density at radius 1 is 1.04 bits per heavy atom.